The fourth-order valence-corrected chi connectivity index (χ4v) is 1.80. The first kappa shape index (κ1) is 13.0. The summed E-state index contributed by atoms with van der Waals surface area (Å²) in [7, 11) is 0. The van der Waals surface area contributed by atoms with E-state index in [1.54, 1.807) is 0 Å². The molecular formula is C12H17BrN2O. The Kier molecular flexibility index (Phi) is 4.80. The molecule has 1 rings (SSSR count). The van der Waals surface area contributed by atoms with E-state index in [1.165, 1.54) is 0 Å². The summed E-state index contributed by atoms with van der Waals surface area (Å²) in [5.41, 5.74) is 1.94. The van der Waals surface area contributed by atoms with Crippen molar-refractivity contribution in [3.05, 3.63) is 28.2 Å². The van der Waals surface area contributed by atoms with E-state index in [-0.39, 0.29) is 12.1 Å². The Morgan fingerprint density at radius 2 is 2.19 bits per heavy atom. The monoisotopic (exact) mass is 284 g/mol. The molecule has 0 spiro atoms. The predicted molar refractivity (Wildman–Crippen MR) is 70.8 cm³/mol. The molecule has 4 heteroatoms. The highest BCUT2D eigenvalue weighted by molar-refractivity contribution is 9.10. The summed E-state index contributed by atoms with van der Waals surface area (Å²) in [5.74, 6) is 0. The number of hydrogen-bond acceptors (Lipinski definition) is 1. The molecule has 1 atom stereocenters. The second-order valence-electron chi connectivity index (χ2n) is 3.89. The minimum Gasteiger partial charge on any atom is -0.335 e. The average Bonchev–Trinajstić information content (AvgIpc) is 2.22. The minimum atomic E-state index is -0.168. The van der Waals surface area contributed by atoms with E-state index in [0.717, 1.165) is 22.1 Å². The number of rotatable bonds is 3. The van der Waals surface area contributed by atoms with Crippen LogP contribution in [-0.2, 0) is 0 Å². The first-order valence-electron chi connectivity index (χ1n) is 5.36. The number of amides is 2. The van der Waals surface area contributed by atoms with Crippen molar-refractivity contribution in [2.45, 2.75) is 33.2 Å². The second kappa shape index (κ2) is 5.89. The third kappa shape index (κ3) is 3.85. The molecular weight excluding hydrogens is 268 g/mol. The van der Waals surface area contributed by atoms with E-state index in [4.69, 9.17) is 0 Å². The van der Waals surface area contributed by atoms with Crippen LogP contribution in [-0.4, -0.2) is 12.1 Å². The topological polar surface area (TPSA) is 41.1 Å². The molecule has 2 amide bonds. The van der Waals surface area contributed by atoms with Gasteiger partial charge in [0.15, 0.2) is 0 Å². The number of carbonyl (C=O) groups is 1. The Balaban J connectivity index is 2.63. The number of aryl methyl sites for hydroxylation is 1. The van der Waals surface area contributed by atoms with Gasteiger partial charge in [0, 0.05) is 10.5 Å². The van der Waals surface area contributed by atoms with Gasteiger partial charge < -0.3 is 10.6 Å². The lowest BCUT2D eigenvalue weighted by Crippen LogP contribution is -2.35. The van der Waals surface area contributed by atoms with Crippen molar-refractivity contribution < 1.29 is 4.79 Å². The van der Waals surface area contributed by atoms with Gasteiger partial charge in [0.05, 0.1) is 5.69 Å². The van der Waals surface area contributed by atoms with Crippen LogP contribution < -0.4 is 10.6 Å². The van der Waals surface area contributed by atoms with E-state index >= 15 is 0 Å². The van der Waals surface area contributed by atoms with Gasteiger partial charge in [0.25, 0.3) is 0 Å². The summed E-state index contributed by atoms with van der Waals surface area (Å²) in [4.78, 5) is 11.6. The smallest absolute Gasteiger partial charge is 0.319 e. The summed E-state index contributed by atoms with van der Waals surface area (Å²) >= 11 is 3.42. The molecule has 88 valence electrons. The Morgan fingerprint density at radius 1 is 1.50 bits per heavy atom. The number of halogens is 1. The average molecular weight is 285 g/mol. The number of benzene rings is 1. The molecule has 1 aromatic rings. The molecule has 1 aromatic carbocycles. The van der Waals surface area contributed by atoms with Gasteiger partial charge in [0.2, 0.25) is 0 Å². The van der Waals surface area contributed by atoms with Crippen LogP contribution in [0, 0.1) is 6.92 Å². The predicted octanol–water partition coefficient (Wildman–Crippen LogP) is 3.68. The largest absolute Gasteiger partial charge is 0.335 e. The zero-order chi connectivity index (χ0) is 12.1. The fraction of sp³-hybridized carbons (Fsp3) is 0.417. The van der Waals surface area contributed by atoms with E-state index in [0.29, 0.717) is 0 Å². The summed E-state index contributed by atoms with van der Waals surface area (Å²) in [6.45, 7) is 6.02. The Hall–Kier alpha value is -1.03. The van der Waals surface area contributed by atoms with Crippen molar-refractivity contribution in [1.29, 1.82) is 0 Å². The van der Waals surface area contributed by atoms with E-state index in [2.05, 4.69) is 26.6 Å². The van der Waals surface area contributed by atoms with E-state index in [1.807, 2.05) is 39.0 Å². The van der Waals surface area contributed by atoms with Crippen LogP contribution in [0.25, 0.3) is 0 Å². The molecule has 0 aliphatic carbocycles. The maximum Gasteiger partial charge on any atom is 0.319 e. The summed E-state index contributed by atoms with van der Waals surface area (Å²) in [5, 5.41) is 5.65. The lowest BCUT2D eigenvalue weighted by atomic mass is 10.2. The molecule has 0 aromatic heterocycles. The van der Waals surface area contributed by atoms with E-state index in [9.17, 15) is 4.79 Å². The van der Waals surface area contributed by atoms with Gasteiger partial charge in [-0.3, -0.25) is 0 Å². The van der Waals surface area contributed by atoms with Gasteiger partial charge in [-0.2, -0.15) is 0 Å². The Bertz CT molecular complexity index is 379. The van der Waals surface area contributed by atoms with Crippen LogP contribution in [0.15, 0.2) is 22.7 Å². The number of hydrogen-bond donors (Lipinski definition) is 2. The zero-order valence-corrected chi connectivity index (χ0v) is 11.4. The van der Waals surface area contributed by atoms with Gasteiger partial charge in [-0.15, -0.1) is 0 Å². The van der Waals surface area contributed by atoms with Gasteiger partial charge in [-0.05, 0) is 53.9 Å². The van der Waals surface area contributed by atoms with Crippen LogP contribution >= 0.6 is 15.9 Å². The lowest BCUT2D eigenvalue weighted by molar-refractivity contribution is 0.249. The molecule has 0 fully saturated rings. The quantitative estimate of drug-likeness (QED) is 0.874. The first-order valence-corrected chi connectivity index (χ1v) is 6.16. The first-order chi connectivity index (χ1) is 7.52. The van der Waals surface area contributed by atoms with Crippen LogP contribution in [0.2, 0.25) is 0 Å². The summed E-state index contributed by atoms with van der Waals surface area (Å²) < 4.78 is 0.895. The van der Waals surface area contributed by atoms with Crippen molar-refractivity contribution in [2.24, 2.45) is 0 Å². The number of anilines is 1. The van der Waals surface area contributed by atoms with Gasteiger partial charge in [0.1, 0.15) is 0 Å². The van der Waals surface area contributed by atoms with Crippen LogP contribution in [0.5, 0.6) is 0 Å². The maximum atomic E-state index is 11.6. The summed E-state index contributed by atoms with van der Waals surface area (Å²) in [6.07, 6.45) is 0.919. The third-order valence-electron chi connectivity index (χ3n) is 2.36. The molecule has 0 aliphatic rings. The highest BCUT2D eigenvalue weighted by atomic mass is 79.9. The number of carbonyl (C=O) groups excluding carboxylic acids is 1. The molecule has 0 aliphatic heterocycles. The molecule has 16 heavy (non-hydrogen) atoms. The van der Waals surface area contributed by atoms with Crippen molar-refractivity contribution >= 4 is 27.6 Å². The Labute approximate surface area is 105 Å². The lowest BCUT2D eigenvalue weighted by Gasteiger charge is -2.13. The van der Waals surface area contributed by atoms with Crippen LogP contribution in [0.3, 0.4) is 0 Å². The molecule has 3 nitrogen and oxygen atoms in total. The highest BCUT2D eigenvalue weighted by Gasteiger charge is 2.07. The maximum absolute atomic E-state index is 11.6. The molecule has 0 heterocycles. The van der Waals surface area contributed by atoms with Crippen molar-refractivity contribution in [2.75, 3.05) is 5.32 Å². The van der Waals surface area contributed by atoms with Crippen molar-refractivity contribution in [1.82, 2.24) is 5.32 Å². The van der Waals surface area contributed by atoms with Crippen molar-refractivity contribution in [3.63, 3.8) is 0 Å². The number of urea groups is 1. The third-order valence-corrected chi connectivity index (χ3v) is 3.02. The van der Waals surface area contributed by atoms with E-state index < -0.39 is 0 Å². The molecule has 2 N–H and O–H groups in total. The second-order valence-corrected chi connectivity index (χ2v) is 4.75. The van der Waals surface area contributed by atoms with Gasteiger partial charge in [-0.1, -0.05) is 13.0 Å². The van der Waals surface area contributed by atoms with Gasteiger partial charge >= 0.3 is 6.03 Å². The molecule has 0 unspecified atom stereocenters. The molecule has 0 bridgehead atoms. The number of nitrogens with one attached hydrogen (secondary N) is 2. The van der Waals surface area contributed by atoms with Gasteiger partial charge in [-0.25, -0.2) is 4.79 Å². The zero-order valence-electron chi connectivity index (χ0n) is 9.80. The molecule has 0 radical (unpaired) electrons. The van der Waals surface area contributed by atoms with Crippen molar-refractivity contribution in [3.8, 4) is 0 Å². The molecule has 0 saturated heterocycles. The Morgan fingerprint density at radius 3 is 2.75 bits per heavy atom. The molecule has 0 saturated carbocycles. The fourth-order valence-electron chi connectivity index (χ4n) is 1.21. The standard InChI is InChI=1S/C12H17BrN2O/c1-4-9(3)14-12(16)15-11-6-5-8(2)7-10(11)13/h5-7,9H,4H2,1-3H3,(H2,14,15,16)/t9-/m1/s1. The normalized spacial score (nSPS) is 12.0. The minimum absolute atomic E-state index is 0.168. The highest BCUT2D eigenvalue weighted by Crippen LogP contribution is 2.23. The van der Waals surface area contributed by atoms with Crippen LogP contribution in [0.1, 0.15) is 25.8 Å². The SMILES string of the molecule is CC[C@@H](C)NC(=O)Nc1ccc(C)cc1Br. The van der Waals surface area contributed by atoms with Crippen LogP contribution in [0.4, 0.5) is 10.5 Å². The summed E-state index contributed by atoms with van der Waals surface area (Å²) in [6, 6.07) is 5.83.